The van der Waals surface area contributed by atoms with Gasteiger partial charge in [-0.05, 0) is 48.0 Å². The maximum atomic E-state index is 14.1. The summed E-state index contributed by atoms with van der Waals surface area (Å²) in [7, 11) is 5.84. The first kappa shape index (κ1) is 21.0. The summed E-state index contributed by atoms with van der Waals surface area (Å²) in [6.45, 7) is 0. The van der Waals surface area contributed by atoms with Crippen LogP contribution in [0.25, 0.3) is 6.08 Å². The minimum atomic E-state index is -0.552. The SMILES string of the molecule is CN(C)c1ccc(/C=C/C=[N+](C)c2ccc(N)cc2C(=O)c2ccccc2F)cc1. The van der Waals surface area contributed by atoms with Gasteiger partial charge in [-0.15, -0.1) is 0 Å². The van der Waals surface area contributed by atoms with Gasteiger partial charge in [0.2, 0.25) is 11.5 Å². The maximum Gasteiger partial charge on any atom is 0.216 e. The van der Waals surface area contributed by atoms with Crippen molar-refractivity contribution in [2.75, 3.05) is 31.8 Å². The number of hydrogen-bond acceptors (Lipinski definition) is 3. The summed E-state index contributed by atoms with van der Waals surface area (Å²) < 4.78 is 16.0. The number of carbonyl (C=O) groups excluding carboxylic acids is 1. The van der Waals surface area contributed by atoms with Gasteiger partial charge in [-0.2, -0.15) is 0 Å². The van der Waals surface area contributed by atoms with E-state index in [1.54, 1.807) is 30.3 Å². The van der Waals surface area contributed by atoms with E-state index in [1.165, 1.54) is 12.1 Å². The van der Waals surface area contributed by atoms with Gasteiger partial charge >= 0.3 is 0 Å². The molecule has 0 aromatic heterocycles. The Balaban J connectivity index is 1.89. The molecule has 0 saturated heterocycles. The first-order chi connectivity index (χ1) is 14.4. The average molecular weight is 402 g/mol. The summed E-state index contributed by atoms with van der Waals surface area (Å²) in [5, 5.41) is 0. The number of allylic oxidation sites excluding steroid dienone is 1. The molecule has 30 heavy (non-hydrogen) atoms. The van der Waals surface area contributed by atoms with Gasteiger partial charge < -0.3 is 10.6 Å². The minimum Gasteiger partial charge on any atom is -0.399 e. The minimum absolute atomic E-state index is 0.0225. The second-order valence-corrected chi connectivity index (χ2v) is 7.19. The summed E-state index contributed by atoms with van der Waals surface area (Å²) in [6, 6.07) is 19.2. The fourth-order valence-electron chi connectivity index (χ4n) is 3.08. The van der Waals surface area contributed by atoms with Gasteiger partial charge in [-0.25, -0.2) is 8.97 Å². The van der Waals surface area contributed by atoms with Gasteiger partial charge in [-0.3, -0.25) is 4.79 Å². The number of nitrogens with zero attached hydrogens (tertiary/aromatic N) is 2. The van der Waals surface area contributed by atoms with E-state index in [9.17, 15) is 9.18 Å². The highest BCUT2D eigenvalue weighted by Crippen LogP contribution is 2.25. The van der Waals surface area contributed by atoms with Gasteiger partial charge in [0.05, 0.1) is 11.1 Å². The molecule has 0 saturated carbocycles. The molecule has 0 heterocycles. The molecule has 0 atom stereocenters. The molecule has 0 bridgehead atoms. The Hall–Kier alpha value is -3.73. The van der Waals surface area contributed by atoms with Gasteiger partial charge in [0.1, 0.15) is 12.9 Å². The van der Waals surface area contributed by atoms with E-state index in [1.807, 2.05) is 61.1 Å². The Morgan fingerprint density at radius 3 is 2.37 bits per heavy atom. The van der Waals surface area contributed by atoms with Crippen LogP contribution in [-0.4, -0.2) is 37.7 Å². The Bertz CT molecular complexity index is 1120. The van der Waals surface area contributed by atoms with Crippen molar-refractivity contribution in [3.05, 3.63) is 95.3 Å². The van der Waals surface area contributed by atoms with Crippen molar-refractivity contribution in [2.24, 2.45) is 0 Å². The zero-order valence-electron chi connectivity index (χ0n) is 17.3. The molecule has 152 valence electrons. The highest BCUT2D eigenvalue weighted by molar-refractivity contribution is 6.12. The third-order valence-corrected chi connectivity index (χ3v) is 4.77. The summed E-state index contributed by atoms with van der Waals surface area (Å²) in [5.41, 5.74) is 9.55. The monoisotopic (exact) mass is 402 g/mol. The van der Waals surface area contributed by atoms with E-state index in [4.69, 9.17) is 5.73 Å². The number of hydrogen-bond donors (Lipinski definition) is 1. The highest BCUT2D eigenvalue weighted by Gasteiger charge is 2.21. The van der Waals surface area contributed by atoms with Gasteiger partial charge in [-0.1, -0.05) is 24.3 Å². The van der Waals surface area contributed by atoms with E-state index in [0.717, 1.165) is 11.3 Å². The molecule has 0 aliphatic rings. The summed E-state index contributed by atoms with van der Waals surface area (Å²) >= 11 is 0. The molecule has 0 amide bonds. The number of ketones is 1. The molecule has 0 aliphatic carbocycles. The lowest BCUT2D eigenvalue weighted by atomic mass is 10.0. The Labute approximate surface area is 176 Å². The molecule has 2 N–H and O–H groups in total. The van der Waals surface area contributed by atoms with Gasteiger partial charge in [0, 0.05) is 37.6 Å². The lowest BCUT2D eigenvalue weighted by molar-refractivity contribution is -0.398. The van der Waals surface area contributed by atoms with Crippen molar-refractivity contribution >= 4 is 35.1 Å². The highest BCUT2D eigenvalue weighted by atomic mass is 19.1. The molecule has 3 aromatic rings. The molecular formula is C25H25FN3O+. The molecule has 0 fully saturated rings. The lowest BCUT2D eigenvalue weighted by Gasteiger charge is -2.11. The molecular weight excluding hydrogens is 377 g/mol. The quantitative estimate of drug-likeness (QED) is 0.280. The number of anilines is 2. The number of benzene rings is 3. The van der Waals surface area contributed by atoms with E-state index in [2.05, 4.69) is 12.1 Å². The Morgan fingerprint density at radius 2 is 1.70 bits per heavy atom. The van der Waals surface area contributed by atoms with Crippen LogP contribution < -0.4 is 10.6 Å². The third kappa shape index (κ3) is 4.81. The van der Waals surface area contributed by atoms with Crippen LogP contribution in [-0.2, 0) is 0 Å². The van der Waals surface area contributed by atoms with Crippen molar-refractivity contribution in [1.29, 1.82) is 0 Å². The van der Waals surface area contributed by atoms with Crippen LogP contribution in [0.3, 0.4) is 0 Å². The fraction of sp³-hybridized carbons (Fsp3) is 0.120. The molecule has 0 spiro atoms. The predicted octanol–water partition coefficient (Wildman–Crippen LogP) is 4.76. The van der Waals surface area contributed by atoms with Crippen LogP contribution in [0.4, 0.5) is 21.5 Å². The van der Waals surface area contributed by atoms with Crippen molar-refractivity contribution in [1.82, 2.24) is 0 Å². The summed E-state index contributed by atoms with van der Waals surface area (Å²) in [4.78, 5) is 15.0. The Morgan fingerprint density at radius 1 is 1.00 bits per heavy atom. The van der Waals surface area contributed by atoms with Gasteiger partial charge in [0.25, 0.3) is 0 Å². The molecule has 3 aromatic carbocycles. The second kappa shape index (κ2) is 9.18. The molecule has 5 heteroatoms. The number of rotatable bonds is 6. The van der Waals surface area contributed by atoms with E-state index >= 15 is 0 Å². The number of halogens is 1. The van der Waals surface area contributed by atoms with E-state index in [-0.39, 0.29) is 5.56 Å². The second-order valence-electron chi connectivity index (χ2n) is 7.19. The van der Waals surface area contributed by atoms with Crippen LogP contribution in [0.1, 0.15) is 21.5 Å². The number of nitrogen functional groups attached to an aromatic ring is 1. The van der Waals surface area contributed by atoms with Crippen molar-refractivity contribution in [3.8, 4) is 0 Å². The molecule has 4 nitrogen and oxygen atoms in total. The average Bonchev–Trinajstić information content (AvgIpc) is 2.73. The van der Waals surface area contributed by atoms with Crippen LogP contribution >= 0.6 is 0 Å². The first-order valence-corrected chi connectivity index (χ1v) is 9.57. The molecule has 0 aliphatic heterocycles. The maximum absolute atomic E-state index is 14.1. The third-order valence-electron chi connectivity index (χ3n) is 4.77. The fourth-order valence-corrected chi connectivity index (χ4v) is 3.08. The lowest BCUT2D eigenvalue weighted by Crippen LogP contribution is -2.10. The Kier molecular flexibility index (Phi) is 6.42. The topological polar surface area (TPSA) is 49.3 Å². The van der Waals surface area contributed by atoms with Crippen molar-refractivity contribution < 1.29 is 13.8 Å². The smallest absolute Gasteiger partial charge is 0.216 e. The number of nitrogens with two attached hydrogens (primary N) is 1. The largest absolute Gasteiger partial charge is 0.399 e. The molecule has 3 rings (SSSR count). The van der Waals surface area contributed by atoms with Crippen LogP contribution in [0.5, 0.6) is 0 Å². The molecule has 0 unspecified atom stereocenters. The first-order valence-electron chi connectivity index (χ1n) is 9.57. The van der Waals surface area contributed by atoms with Crippen LogP contribution in [0.15, 0.2) is 72.8 Å². The zero-order valence-corrected chi connectivity index (χ0v) is 17.3. The summed E-state index contributed by atoms with van der Waals surface area (Å²) in [5.74, 6) is -0.956. The zero-order chi connectivity index (χ0) is 21.7. The van der Waals surface area contributed by atoms with E-state index in [0.29, 0.717) is 16.9 Å². The molecule has 0 radical (unpaired) electrons. The van der Waals surface area contributed by atoms with E-state index < -0.39 is 11.6 Å². The normalized spacial score (nSPS) is 11.7. The van der Waals surface area contributed by atoms with Crippen molar-refractivity contribution in [2.45, 2.75) is 0 Å². The summed E-state index contributed by atoms with van der Waals surface area (Å²) in [6.07, 6.45) is 5.73. The van der Waals surface area contributed by atoms with Gasteiger partial charge in [0.15, 0.2) is 6.21 Å². The standard InChI is InChI=1S/C25H25FN3O/c1-28(2)20-13-10-18(11-14-20)7-6-16-29(3)24-15-12-19(27)17-22(24)25(30)21-8-4-5-9-23(21)26/h4-17H,27H2,1-3H3/q+1. The van der Waals surface area contributed by atoms with Crippen molar-refractivity contribution in [3.63, 3.8) is 0 Å². The predicted molar refractivity (Wildman–Crippen MR) is 122 cm³/mol. The van der Waals surface area contributed by atoms with Crippen LogP contribution in [0.2, 0.25) is 0 Å². The number of carbonyl (C=O) groups is 1. The van der Waals surface area contributed by atoms with Crippen LogP contribution in [0, 0.1) is 5.82 Å².